The molecule has 4 heteroatoms. The van der Waals surface area contributed by atoms with Gasteiger partial charge in [-0.2, -0.15) is 5.10 Å². The first-order chi connectivity index (χ1) is 6.68. The molecule has 0 bridgehead atoms. The van der Waals surface area contributed by atoms with Crippen LogP contribution in [-0.4, -0.2) is 14.9 Å². The summed E-state index contributed by atoms with van der Waals surface area (Å²) < 4.78 is 1.76. The summed E-state index contributed by atoms with van der Waals surface area (Å²) in [5, 5.41) is 13.7. The molecule has 0 aliphatic heterocycles. The Bertz CT molecular complexity index is 465. The van der Waals surface area contributed by atoms with E-state index in [2.05, 4.69) is 5.10 Å². The van der Waals surface area contributed by atoms with Crippen molar-refractivity contribution in [3.8, 4) is 11.4 Å². The van der Waals surface area contributed by atoms with Gasteiger partial charge in [0.05, 0.1) is 10.7 Å². The number of aromatic hydroxyl groups is 1. The molecule has 0 unspecified atom stereocenters. The molecule has 0 radical (unpaired) electrons. The Morgan fingerprint density at radius 2 is 2.14 bits per heavy atom. The number of halogens is 1. The molecule has 0 spiro atoms. The number of aromatic nitrogens is 2. The molecule has 1 heterocycles. The highest BCUT2D eigenvalue weighted by molar-refractivity contribution is 6.32. The first kappa shape index (κ1) is 9.09. The topological polar surface area (TPSA) is 38.0 Å². The highest BCUT2D eigenvalue weighted by Gasteiger charge is 2.03. The molecule has 0 saturated carbocycles. The van der Waals surface area contributed by atoms with Gasteiger partial charge >= 0.3 is 0 Å². The molecular formula is C10H9ClN2O. The molecule has 0 saturated heterocycles. The highest BCUT2D eigenvalue weighted by Crippen LogP contribution is 2.25. The van der Waals surface area contributed by atoms with Gasteiger partial charge < -0.3 is 5.11 Å². The van der Waals surface area contributed by atoms with Crippen molar-refractivity contribution in [3.63, 3.8) is 0 Å². The van der Waals surface area contributed by atoms with E-state index < -0.39 is 0 Å². The number of hydrogen-bond donors (Lipinski definition) is 1. The zero-order chi connectivity index (χ0) is 10.1. The van der Waals surface area contributed by atoms with Crippen molar-refractivity contribution in [3.05, 3.63) is 41.2 Å². The smallest absolute Gasteiger partial charge is 0.134 e. The summed E-state index contributed by atoms with van der Waals surface area (Å²) in [6.07, 6.45) is 1.72. The van der Waals surface area contributed by atoms with Crippen LogP contribution in [-0.2, 0) is 0 Å². The van der Waals surface area contributed by atoms with E-state index in [1.165, 1.54) is 0 Å². The third-order valence-electron chi connectivity index (χ3n) is 2.01. The molecule has 0 atom stereocenters. The summed E-state index contributed by atoms with van der Waals surface area (Å²) in [5.41, 5.74) is 1.86. The van der Waals surface area contributed by atoms with Crippen LogP contribution in [0.2, 0.25) is 5.02 Å². The number of phenols is 1. The molecule has 2 aromatic rings. The average molecular weight is 209 g/mol. The molecule has 0 amide bonds. The van der Waals surface area contributed by atoms with E-state index >= 15 is 0 Å². The van der Waals surface area contributed by atoms with E-state index in [1.54, 1.807) is 29.1 Å². The second-order valence-electron chi connectivity index (χ2n) is 3.02. The number of rotatable bonds is 1. The van der Waals surface area contributed by atoms with Crippen LogP contribution in [0.3, 0.4) is 0 Å². The van der Waals surface area contributed by atoms with Gasteiger partial charge in [0, 0.05) is 11.9 Å². The fourth-order valence-electron chi connectivity index (χ4n) is 1.27. The van der Waals surface area contributed by atoms with Gasteiger partial charge in [0.25, 0.3) is 0 Å². The van der Waals surface area contributed by atoms with Gasteiger partial charge in [0.15, 0.2) is 0 Å². The first-order valence-corrected chi connectivity index (χ1v) is 4.56. The fourth-order valence-corrected chi connectivity index (χ4v) is 1.44. The Balaban J connectivity index is 2.53. The summed E-state index contributed by atoms with van der Waals surface area (Å²) in [6, 6.07) is 6.90. The fraction of sp³-hybridized carbons (Fsp3) is 0.100. The van der Waals surface area contributed by atoms with E-state index in [1.807, 2.05) is 13.0 Å². The van der Waals surface area contributed by atoms with Gasteiger partial charge in [-0.15, -0.1) is 0 Å². The lowest BCUT2D eigenvalue weighted by atomic mass is 10.3. The first-order valence-electron chi connectivity index (χ1n) is 4.18. The van der Waals surface area contributed by atoms with Gasteiger partial charge in [-0.1, -0.05) is 11.6 Å². The number of hydrogen-bond acceptors (Lipinski definition) is 2. The molecule has 1 aromatic carbocycles. The van der Waals surface area contributed by atoms with Crippen molar-refractivity contribution in [2.45, 2.75) is 6.92 Å². The second kappa shape index (κ2) is 3.35. The normalized spacial score (nSPS) is 10.4. The molecule has 3 nitrogen and oxygen atoms in total. The third kappa shape index (κ3) is 1.46. The minimum Gasteiger partial charge on any atom is -0.506 e. The van der Waals surface area contributed by atoms with Crippen molar-refractivity contribution in [2.24, 2.45) is 0 Å². The molecule has 0 aliphatic carbocycles. The molecule has 0 aliphatic rings. The minimum absolute atomic E-state index is 0.0835. The van der Waals surface area contributed by atoms with Gasteiger partial charge in [-0.25, -0.2) is 4.68 Å². The van der Waals surface area contributed by atoms with Crippen LogP contribution in [0.1, 0.15) is 5.69 Å². The van der Waals surface area contributed by atoms with Gasteiger partial charge in [-0.3, -0.25) is 0 Å². The van der Waals surface area contributed by atoms with Crippen LogP contribution in [0.25, 0.3) is 5.69 Å². The summed E-state index contributed by atoms with van der Waals surface area (Å²) in [6.45, 7) is 1.95. The maximum absolute atomic E-state index is 9.25. The lowest BCUT2D eigenvalue weighted by molar-refractivity contribution is 0.475. The summed E-state index contributed by atoms with van der Waals surface area (Å²) in [5.74, 6) is 0.0835. The zero-order valence-corrected chi connectivity index (χ0v) is 8.36. The van der Waals surface area contributed by atoms with Crippen molar-refractivity contribution < 1.29 is 5.11 Å². The Labute approximate surface area is 86.6 Å². The van der Waals surface area contributed by atoms with Crippen LogP contribution in [0.5, 0.6) is 5.75 Å². The Morgan fingerprint density at radius 3 is 2.71 bits per heavy atom. The predicted molar refractivity (Wildman–Crippen MR) is 55.0 cm³/mol. The summed E-state index contributed by atoms with van der Waals surface area (Å²) >= 11 is 5.79. The van der Waals surface area contributed by atoms with Crippen LogP contribution in [0, 0.1) is 6.92 Å². The average Bonchev–Trinajstić information content (AvgIpc) is 2.57. The van der Waals surface area contributed by atoms with E-state index in [4.69, 9.17) is 11.6 Å². The van der Waals surface area contributed by atoms with Crippen molar-refractivity contribution >= 4 is 11.6 Å². The number of benzene rings is 1. The lowest BCUT2D eigenvalue weighted by Gasteiger charge is -2.05. The van der Waals surface area contributed by atoms with E-state index in [0.717, 1.165) is 11.4 Å². The molecule has 72 valence electrons. The number of nitrogens with zero attached hydrogens (tertiary/aromatic N) is 2. The Hall–Kier alpha value is -1.48. The van der Waals surface area contributed by atoms with Gasteiger partial charge in [0.2, 0.25) is 0 Å². The minimum atomic E-state index is 0.0835. The molecule has 1 N–H and O–H groups in total. The summed E-state index contributed by atoms with van der Waals surface area (Å²) in [4.78, 5) is 0. The van der Waals surface area contributed by atoms with Crippen LogP contribution >= 0.6 is 11.6 Å². The molecule has 2 rings (SSSR count). The van der Waals surface area contributed by atoms with Crippen molar-refractivity contribution in [1.82, 2.24) is 9.78 Å². The third-order valence-corrected chi connectivity index (χ3v) is 2.31. The van der Waals surface area contributed by atoms with Crippen molar-refractivity contribution in [2.75, 3.05) is 0 Å². The maximum Gasteiger partial charge on any atom is 0.134 e. The monoisotopic (exact) mass is 208 g/mol. The standard InChI is InChI=1S/C10H9ClN2O/c1-7-4-5-12-13(7)8-2-3-10(14)9(11)6-8/h2-6,14H,1H3. The molecular weight excluding hydrogens is 200 g/mol. The van der Waals surface area contributed by atoms with E-state index in [9.17, 15) is 5.11 Å². The Morgan fingerprint density at radius 1 is 1.36 bits per heavy atom. The summed E-state index contributed by atoms with van der Waals surface area (Å²) in [7, 11) is 0. The number of aryl methyl sites for hydroxylation is 1. The number of phenolic OH excluding ortho intramolecular Hbond substituents is 1. The van der Waals surface area contributed by atoms with Crippen LogP contribution in [0.4, 0.5) is 0 Å². The zero-order valence-electron chi connectivity index (χ0n) is 7.61. The lowest BCUT2D eigenvalue weighted by Crippen LogP contribution is -1.97. The van der Waals surface area contributed by atoms with Crippen LogP contribution in [0.15, 0.2) is 30.5 Å². The van der Waals surface area contributed by atoms with Crippen molar-refractivity contribution in [1.29, 1.82) is 0 Å². The second-order valence-corrected chi connectivity index (χ2v) is 3.43. The Kier molecular flexibility index (Phi) is 2.17. The van der Waals surface area contributed by atoms with E-state index in [-0.39, 0.29) is 5.75 Å². The molecule has 1 aromatic heterocycles. The maximum atomic E-state index is 9.25. The van der Waals surface area contributed by atoms with E-state index in [0.29, 0.717) is 5.02 Å². The van der Waals surface area contributed by atoms with Gasteiger partial charge in [0.1, 0.15) is 5.75 Å². The SMILES string of the molecule is Cc1ccnn1-c1ccc(O)c(Cl)c1. The quantitative estimate of drug-likeness (QED) is 0.782. The highest BCUT2D eigenvalue weighted by atomic mass is 35.5. The predicted octanol–water partition coefficient (Wildman–Crippen LogP) is 2.54. The largest absolute Gasteiger partial charge is 0.506 e. The molecule has 0 fully saturated rings. The van der Waals surface area contributed by atoms with Gasteiger partial charge in [-0.05, 0) is 31.2 Å². The van der Waals surface area contributed by atoms with Crippen LogP contribution < -0.4 is 0 Å². The molecule has 14 heavy (non-hydrogen) atoms.